The Hall–Kier alpha value is -5.58. The van der Waals surface area contributed by atoms with Crippen molar-refractivity contribution in [1.29, 1.82) is 0 Å². The summed E-state index contributed by atoms with van der Waals surface area (Å²) in [6.07, 6.45) is 6.04. The summed E-state index contributed by atoms with van der Waals surface area (Å²) in [4.78, 5) is 62.2. The zero-order valence-corrected chi connectivity index (χ0v) is 32.6. The number of carboxylic acids is 1. The lowest BCUT2D eigenvalue weighted by atomic mass is 10.1. The standard InChI is InChI=1S/C20H20N4O2S.C11H16N2.C10H7NO4S/c21-19(25)17-10-15-16(11-22-12-18(15)27-17)20(26)24-8-6-23(7-9-24)13-14-4-2-1-3-5-14;1-2-4-11(5-3-1)10-13-8-6-12-7-9-13;1-15-10(14)7-2-5-6(9(12)13)3-11-4-8(5)16-7/h1-5,10-12H,6-9,13H2,(H2,21,25);1-5,12H,6-10H2;2-4H,1H3,(H,12,13). The van der Waals surface area contributed by atoms with E-state index in [1.54, 1.807) is 18.5 Å². The SMILES string of the molecule is COC(=O)c1cc2c(C(=O)O)cncc2s1.NC(=O)c1cc2c(C(=O)N3CCN(Cc4ccccc4)CC3)cncc2s1.c1ccc(CN2CCNCC2)cc1. The van der Waals surface area contributed by atoms with E-state index in [1.165, 1.54) is 61.1 Å². The third kappa shape index (κ3) is 10.4. The zero-order valence-electron chi connectivity index (χ0n) is 30.9. The van der Waals surface area contributed by atoms with E-state index in [0.717, 1.165) is 60.7 Å². The molecular formula is C41H43N7O6S2. The number of aromatic carboxylic acids is 1. The number of carboxylic acid groups (broad SMARTS) is 1. The maximum absolute atomic E-state index is 13.0. The normalized spacial score (nSPS) is 14.6. The Morgan fingerprint density at radius 3 is 1.75 bits per heavy atom. The molecule has 0 saturated carbocycles. The molecule has 2 amide bonds. The number of thiophene rings is 2. The van der Waals surface area contributed by atoms with Crippen LogP contribution in [0, 0.1) is 0 Å². The van der Waals surface area contributed by atoms with Gasteiger partial charge in [0.2, 0.25) is 0 Å². The molecule has 6 heterocycles. The first kappa shape index (κ1) is 40.1. The number of benzene rings is 2. The summed E-state index contributed by atoms with van der Waals surface area (Å²) < 4.78 is 6.03. The first-order chi connectivity index (χ1) is 27.2. The average Bonchev–Trinajstić information content (AvgIpc) is 3.88. The van der Waals surface area contributed by atoms with E-state index in [9.17, 15) is 19.2 Å². The minimum absolute atomic E-state index is 0.0405. The summed E-state index contributed by atoms with van der Waals surface area (Å²) in [6.45, 7) is 9.63. The molecule has 4 aromatic heterocycles. The van der Waals surface area contributed by atoms with Gasteiger partial charge in [0, 0.05) is 101 Å². The van der Waals surface area contributed by atoms with Gasteiger partial charge in [-0.05, 0) is 23.3 Å². The van der Waals surface area contributed by atoms with Crippen molar-refractivity contribution in [2.45, 2.75) is 13.1 Å². The summed E-state index contributed by atoms with van der Waals surface area (Å²) >= 11 is 2.43. The molecule has 0 unspecified atom stereocenters. The summed E-state index contributed by atoms with van der Waals surface area (Å²) in [6, 6.07) is 24.2. The van der Waals surface area contributed by atoms with E-state index < -0.39 is 17.8 Å². The number of nitrogens with one attached hydrogen (secondary N) is 1. The number of methoxy groups -OCH3 is 1. The van der Waals surface area contributed by atoms with Crippen molar-refractivity contribution in [3.05, 3.63) is 130 Å². The maximum atomic E-state index is 13.0. The number of hydrogen-bond donors (Lipinski definition) is 3. The molecule has 0 bridgehead atoms. The number of aromatic nitrogens is 2. The maximum Gasteiger partial charge on any atom is 0.348 e. The molecule has 0 atom stereocenters. The minimum atomic E-state index is -1.06. The van der Waals surface area contributed by atoms with Crippen LogP contribution < -0.4 is 11.1 Å². The van der Waals surface area contributed by atoms with Gasteiger partial charge in [0.1, 0.15) is 4.88 Å². The fourth-order valence-corrected chi connectivity index (χ4v) is 8.30. The smallest absolute Gasteiger partial charge is 0.348 e. The van der Waals surface area contributed by atoms with E-state index in [2.05, 4.69) is 72.3 Å². The van der Waals surface area contributed by atoms with Gasteiger partial charge in [0.05, 0.1) is 32.5 Å². The molecule has 8 rings (SSSR count). The third-order valence-electron chi connectivity index (χ3n) is 9.35. The second-order valence-corrected chi connectivity index (χ2v) is 15.3. The summed E-state index contributed by atoms with van der Waals surface area (Å²) in [5.74, 6) is -2.06. The van der Waals surface area contributed by atoms with Gasteiger partial charge in [-0.25, -0.2) is 9.59 Å². The number of pyridine rings is 2. The lowest BCUT2D eigenvalue weighted by Gasteiger charge is -2.34. The average molecular weight is 794 g/mol. The molecule has 0 spiro atoms. The Morgan fingerprint density at radius 2 is 1.21 bits per heavy atom. The largest absolute Gasteiger partial charge is 0.478 e. The number of carbonyl (C=O) groups is 4. The van der Waals surface area contributed by atoms with Gasteiger partial charge in [-0.3, -0.25) is 29.4 Å². The van der Waals surface area contributed by atoms with Crippen molar-refractivity contribution >= 4 is 66.6 Å². The van der Waals surface area contributed by atoms with Crippen LogP contribution in [0.4, 0.5) is 0 Å². The molecule has 2 fully saturated rings. The molecule has 2 aliphatic heterocycles. The van der Waals surface area contributed by atoms with Gasteiger partial charge >= 0.3 is 11.9 Å². The number of nitrogens with two attached hydrogens (primary N) is 1. The van der Waals surface area contributed by atoms with Gasteiger partial charge < -0.3 is 25.8 Å². The summed E-state index contributed by atoms with van der Waals surface area (Å²) in [5, 5.41) is 13.6. The highest BCUT2D eigenvalue weighted by atomic mass is 32.1. The second kappa shape index (κ2) is 19.3. The van der Waals surface area contributed by atoms with Crippen molar-refractivity contribution in [2.24, 2.45) is 5.73 Å². The number of piperazine rings is 2. The van der Waals surface area contributed by atoms with Crippen molar-refractivity contribution < 1.29 is 29.0 Å². The van der Waals surface area contributed by atoms with E-state index >= 15 is 0 Å². The number of rotatable bonds is 8. The Labute approximate surface area is 332 Å². The van der Waals surface area contributed by atoms with Crippen LogP contribution in [0.2, 0.25) is 0 Å². The molecule has 6 aromatic rings. The van der Waals surface area contributed by atoms with Crippen molar-refractivity contribution in [2.75, 3.05) is 59.5 Å². The molecule has 290 valence electrons. The first-order valence-corrected chi connectivity index (χ1v) is 19.7. The number of primary amides is 1. The Morgan fingerprint density at radius 1 is 0.714 bits per heavy atom. The molecule has 2 aromatic carbocycles. The lowest BCUT2D eigenvalue weighted by molar-refractivity contribution is 0.0603. The lowest BCUT2D eigenvalue weighted by Crippen LogP contribution is -2.48. The van der Waals surface area contributed by atoms with Crippen LogP contribution >= 0.6 is 22.7 Å². The van der Waals surface area contributed by atoms with Crippen LogP contribution in [-0.4, -0.2) is 113 Å². The first-order valence-electron chi connectivity index (χ1n) is 18.1. The number of fused-ring (bicyclic) bond motifs is 2. The van der Waals surface area contributed by atoms with Gasteiger partial charge in [0.25, 0.3) is 11.8 Å². The molecule has 2 saturated heterocycles. The molecule has 2 aliphatic rings. The predicted octanol–water partition coefficient (Wildman–Crippen LogP) is 5.23. The molecule has 0 aliphatic carbocycles. The van der Waals surface area contributed by atoms with Crippen LogP contribution in [0.5, 0.6) is 0 Å². The van der Waals surface area contributed by atoms with Gasteiger partial charge in [0.15, 0.2) is 0 Å². The van der Waals surface area contributed by atoms with Gasteiger partial charge in [-0.2, -0.15) is 0 Å². The van der Waals surface area contributed by atoms with Gasteiger partial charge in [-0.1, -0.05) is 60.7 Å². The molecule has 15 heteroatoms. The predicted molar refractivity (Wildman–Crippen MR) is 218 cm³/mol. The Bertz CT molecular complexity index is 2270. The van der Waals surface area contributed by atoms with Crippen LogP contribution in [0.3, 0.4) is 0 Å². The Kier molecular flexibility index (Phi) is 13.8. The molecule has 0 radical (unpaired) electrons. The number of amides is 2. The van der Waals surface area contributed by atoms with E-state index in [-0.39, 0.29) is 11.5 Å². The van der Waals surface area contributed by atoms with E-state index in [1.807, 2.05) is 23.1 Å². The van der Waals surface area contributed by atoms with Crippen LogP contribution in [-0.2, 0) is 17.8 Å². The minimum Gasteiger partial charge on any atom is -0.478 e. The monoisotopic (exact) mass is 793 g/mol. The summed E-state index contributed by atoms with van der Waals surface area (Å²) in [7, 11) is 1.28. The second-order valence-electron chi connectivity index (χ2n) is 13.1. The number of ether oxygens (including phenoxy) is 1. The Balaban J connectivity index is 0.000000156. The molecular weight excluding hydrogens is 751 g/mol. The summed E-state index contributed by atoms with van der Waals surface area (Å²) in [5.41, 5.74) is 8.70. The molecule has 13 nitrogen and oxygen atoms in total. The number of carbonyl (C=O) groups excluding carboxylic acids is 3. The van der Waals surface area contributed by atoms with Gasteiger partial charge in [-0.15, -0.1) is 22.7 Å². The highest BCUT2D eigenvalue weighted by molar-refractivity contribution is 7.21. The van der Waals surface area contributed by atoms with E-state index in [4.69, 9.17) is 10.8 Å². The topological polar surface area (TPSA) is 171 Å². The van der Waals surface area contributed by atoms with Crippen LogP contribution in [0.25, 0.3) is 20.2 Å². The number of esters is 1. The highest BCUT2D eigenvalue weighted by Gasteiger charge is 2.25. The fourth-order valence-electron chi connectivity index (χ4n) is 6.42. The molecule has 56 heavy (non-hydrogen) atoms. The van der Waals surface area contributed by atoms with Crippen LogP contribution in [0.1, 0.15) is 51.2 Å². The zero-order chi connectivity index (χ0) is 39.4. The van der Waals surface area contributed by atoms with Crippen molar-refractivity contribution in [3.63, 3.8) is 0 Å². The van der Waals surface area contributed by atoms with Crippen molar-refractivity contribution in [1.82, 2.24) is 30.0 Å². The number of nitrogens with zero attached hydrogens (tertiary/aromatic N) is 5. The number of hydrogen-bond acceptors (Lipinski definition) is 12. The quantitative estimate of drug-likeness (QED) is 0.173. The van der Waals surface area contributed by atoms with Crippen LogP contribution in [0.15, 0.2) is 97.6 Å². The third-order valence-corrected chi connectivity index (χ3v) is 11.5. The fraction of sp³-hybridized carbons (Fsp3) is 0.268. The van der Waals surface area contributed by atoms with E-state index in [0.29, 0.717) is 38.5 Å². The molecule has 4 N–H and O–H groups in total. The van der Waals surface area contributed by atoms with Crippen molar-refractivity contribution in [3.8, 4) is 0 Å². The highest BCUT2D eigenvalue weighted by Crippen LogP contribution is 2.29.